The zero-order chi connectivity index (χ0) is 11.3. The molecule has 1 aromatic carbocycles. The van der Waals surface area contributed by atoms with E-state index in [1.54, 1.807) is 0 Å². The van der Waals surface area contributed by atoms with Crippen LogP contribution in [-0.2, 0) is 6.42 Å². The smallest absolute Gasteiger partial charge is 0.129 e. The van der Waals surface area contributed by atoms with E-state index in [-0.39, 0.29) is 12.0 Å². The number of hydrogen-bond acceptors (Lipinski definition) is 1. The molecule has 1 N–H and O–H groups in total. The molecule has 15 heavy (non-hydrogen) atoms. The van der Waals surface area contributed by atoms with E-state index >= 15 is 0 Å². The van der Waals surface area contributed by atoms with Gasteiger partial charge in [-0.25, -0.2) is 8.78 Å². The van der Waals surface area contributed by atoms with Crippen molar-refractivity contribution < 1.29 is 13.9 Å². The SMILES string of the molecule is OC(CCCCl)Cc1c(F)cccc1F. The molecule has 1 unspecified atom stereocenters. The number of benzene rings is 1. The van der Waals surface area contributed by atoms with Gasteiger partial charge in [0.25, 0.3) is 0 Å². The molecule has 0 aliphatic rings. The summed E-state index contributed by atoms with van der Waals surface area (Å²) >= 11 is 5.45. The van der Waals surface area contributed by atoms with Crippen molar-refractivity contribution >= 4 is 11.6 Å². The van der Waals surface area contributed by atoms with Crippen LogP contribution in [0.5, 0.6) is 0 Å². The van der Waals surface area contributed by atoms with Gasteiger partial charge in [0.05, 0.1) is 6.10 Å². The van der Waals surface area contributed by atoms with Gasteiger partial charge in [-0.15, -0.1) is 11.6 Å². The number of halogens is 3. The van der Waals surface area contributed by atoms with Crippen molar-refractivity contribution in [3.8, 4) is 0 Å². The lowest BCUT2D eigenvalue weighted by Crippen LogP contribution is -2.13. The normalized spacial score (nSPS) is 12.8. The van der Waals surface area contributed by atoms with Crippen molar-refractivity contribution in [2.45, 2.75) is 25.4 Å². The molecule has 0 spiro atoms. The van der Waals surface area contributed by atoms with Crippen LogP contribution in [0.25, 0.3) is 0 Å². The first-order chi connectivity index (χ1) is 7.15. The maximum absolute atomic E-state index is 13.2. The Morgan fingerprint density at radius 2 is 1.87 bits per heavy atom. The molecule has 0 fully saturated rings. The zero-order valence-electron chi connectivity index (χ0n) is 8.22. The Morgan fingerprint density at radius 1 is 1.27 bits per heavy atom. The van der Waals surface area contributed by atoms with Crippen molar-refractivity contribution in [1.29, 1.82) is 0 Å². The molecular formula is C11H13ClF2O. The summed E-state index contributed by atoms with van der Waals surface area (Å²) in [5, 5.41) is 9.49. The fourth-order valence-electron chi connectivity index (χ4n) is 1.38. The van der Waals surface area contributed by atoms with E-state index in [9.17, 15) is 13.9 Å². The fraction of sp³-hybridized carbons (Fsp3) is 0.455. The van der Waals surface area contributed by atoms with Crippen molar-refractivity contribution in [3.05, 3.63) is 35.4 Å². The lowest BCUT2D eigenvalue weighted by molar-refractivity contribution is 0.161. The van der Waals surface area contributed by atoms with Crippen LogP contribution >= 0.6 is 11.6 Å². The Hall–Kier alpha value is -0.670. The van der Waals surface area contributed by atoms with E-state index in [0.717, 1.165) is 0 Å². The first-order valence-electron chi connectivity index (χ1n) is 4.82. The van der Waals surface area contributed by atoms with Gasteiger partial charge in [-0.2, -0.15) is 0 Å². The fourth-order valence-corrected chi connectivity index (χ4v) is 1.53. The van der Waals surface area contributed by atoms with Crippen molar-refractivity contribution in [1.82, 2.24) is 0 Å². The second kappa shape index (κ2) is 6.03. The Morgan fingerprint density at radius 3 is 2.40 bits per heavy atom. The highest BCUT2D eigenvalue weighted by molar-refractivity contribution is 6.17. The predicted molar refractivity (Wildman–Crippen MR) is 56.0 cm³/mol. The number of hydrogen-bond donors (Lipinski definition) is 1. The Labute approximate surface area is 92.7 Å². The van der Waals surface area contributed by atoms with Gasteiger partial charge >= 0.3 is 0 Å². The molecular weight excluding hydrogens is 222 g/mol. The van der Waals surface area contributed by atoms with Gasteiger partial charge in [-0.05, 0) is 25.0 Å². The summed E-state index contributed by atoms with van der Waals surface area (Å²) in [7, 11) is 0. The molecule has 0 heterocycles. The van der Waals surface area contributed by atoms with E-state index in [2.05, 4.69) is 0 Å². The molecule has 0 saturated heterocycles. The summed E-state index contributed by atoms with van der Waals surface area (Å²) in [6.07, 6.45) is 0.348. The molecule has 0 aromatic heterocycles. The van der Waals surface area contributed by atoms with Gasteiger partial charge in [-0.3, -0.25) is 0 Å². The number of aliphatic hydroxyl groups is 1. The van der Waals surface area contributed by atoms with Gasteiger partial charge in [0.15, 0.2) is 0 Å². The van der Waals surface area contributed by atoms with Crippen LogP contribution < -0.4 is 0 Å². The van der Waals surface area contributed by atoms with Gasteiger partial charge in [-0.1, -0.05) is 6.07 Å². The minimum Gasteiger partial charge on any atom is -0.393 e. The Kier molecular flexibility index (Phi) is 4.99. The third kappa shape index (κ3) is 3.76. The minimum atomic E-state index is -0.741. The maximum atomic E-state index is 13.2. The molecule has 1 atom stereocenters. The minimum absolute atomic E-state index is 0.00457. The highest BCUT2D eigenvalue weighted by atomic mass is 35.5. The molecule has 0 bridgehead atoms. The summed E-state index contributed by atoms with van der Waals surface area (Å²) < 4.78 is 26.3. The van der Waals surface area contributed by atoms with Gasteiger partial charge in [0, 0.05) is 17.9 Å². The van der Waals surface area contributed by atoms with Crippen LogP contribution in [0.2, 0.25) is 0 Å². The highest BCUT2D eigenvalue weighted by Gasteiger charge is 2.13. The van der Waals surface area contributed by atoms with Crippen LogP contribution in [0.4, 0.5) is 8.78 Å². The predicted octanol–water partition coefficient (Wildman–Crippen LogP) is 2.89. The third-order valence-electron chi connectivity index (χ3n) is 2.17. The molecule has 0 saturated carbocycles. The zero-order valence-corrected chi connectivity index (χ0v) is 8.97. The summed E-state index contributed by atoms with van der Waals surface area (Å²) in [6.45, 7) is 0. The molecule has 4 heteroatoms. The third-order valence-corrected chi connectivity index (χ3v) is 2.44. The van der Waals surface area contributed by atoms with Crippen LogP contribution in [-0.4, -0.2) is 17.1 Å². The first-order valence-corrected chi connectivity index (χ1v) is 5.35. The Bertz CT molecular complexity index is 297. The van der Waals surface area contributed by atoms with Gasteiger partial charge < -0.3 is 5.11 Å². The van der Waals surface area contributed by atoms with Crippen LogP contribution in [0.3, 0.4) is 0 Å². The Balaban J connectivity index is 2.63. The average Bonchev–Trinajstić information content (AvgIpc) is 2.21. The van der Waals surface area contributed by atoms with Crippen LogP contribution in [0, 0.1) is 11.6 Å². The lowest BCUT2D eigenvalue weighted by Gasteiger charge is -2.10. The van der Waals surface area contributed by atoms with Gasteiger partial charge in [0.1, 0.15) is 11.6 Å². The highest BCUT2D eigenvalue weighted by Crippen LogP contribution is 2.15. The van der Waals surface area contributed by atoms with E-state index in [1.165, 1.54) is 18.2 Å². The average molecular weight is 235 g/mol. The first kappa shape index (κ1) is 12.4. The molecule has 1 aromatic rings. The second-order valence-corrected chi connectivity index (χ2v) is 3.77. The molecule has 0 amide bonds. The molecule has 1 nitrogen and oxygen atoms in total. The molecule has 0 aliphatic heterocycles. The summed E-state index contributed by atoms with van der Waals surface area (Å²) in [5.41, 5.74) is -0.0560. The molecule has 1 rings (SSSR count). The van der Waals surface area contributed by atoms with Gasteiger partial charge in [0.2, 0.25) is 0 Å². The summed E-state index contributed by atoms with van der Waals surface area (Å²) in [6, 6.07) is 3.68. The maximum Gasteiger partial charge on any atom is 0.129 e. The standard InChI is InChI=1S/C11H13ClF2O/c12-6-2-3-8(15)7-9-10(13)4-1-5-11(9)14/h1,4-5,8,15H,2-3,6-7H2. The lowest BCUT2D eigenvalue weighted by atomic mass is 10.0. The number of alkyl halides is 1. The van der Waals surface area contributed by atoms with E-state index in [0.29, 0.717) is 18.7 Å². The van der Waals surface area contributed by atoms with E-state index in [1.807, 2.05) is 0 Å². The summed E-state index contributed by atoms with van der Waals surface area (Å²) in [4.78, 5) is 0. The van der Waals surface area contributed by atoms with Crippen LogP contribution in [0.1, 0.15) is 18.4 Å². The number of rotatable bonds is 5. The summed E-state index contributed by atoms with van der Waals surface area (Å²) in [5.74, 6) is -0.781. The van der Waals surface area contributed by atoms with Crippen molar-refractivity contribution in [2.24, 2.45) is 0 Å². The largest absolute Gasteiger partial charge is 0.393 e. The number of aliphatic hydroxyl groups excluding tert-OH is 1. The van der Waals surface area contributed by atoms with E-state index < -0.39 is 17.7 Å². The van der Waals surface area contributed by atoms with Crippen molar-refractivity contribution in [3.63, 3.8) is 0 Å². The van der Waals surface area contributed by atoms with E-state index in [4.69, 9.17) is 11.6 Å². The van der Waals surface area contributed by atoms with Crippen molar-refractivity contribution in [2.75, 3.05) is 5.88 Å². The molecule has 0 radical (unpaired) electrons. The second-order valence-electron chi connectivity index (χ2n) is 3.39. The van der Waals surface area contributed by atoms with Crippen LogP contribution in [0.15, 0.2) is 18.2 Å². The topological polar surface area (TPSA) is 20.2 Å². The molecule has 84 valence electrons. The quantitative estimate of drug-likeness (QED) is 0.777. The molecule has 0 aliphatic carbocycles. The monoisotopic (exact) mass is 234 g/mol.